The van der Waals surface area contributed by atoms with E-state index in [2.05, 4.69) is 9.19 Å². The van der Waals surface area contributed by atoms with Crippen molar-refractivity contribution >= 4 is 20.7 Å². The van der Waals surface area contributed by atoms with E-state index in [0.29, 0.717) is 0 Å². The Morgan fingerprint density at radius 2 is 2.00 bits per heavy atom. The van der Waals surface area contributed by atoms with E-state index in [4.69, 9.17) is 5.11 Å². The SMILES string of the molecule is O=C(O)CCCCc1[se]nnc1-c1ccccc1. The van der Waals surface area contributed by atoms with Crippen molar-refractivity contribution in [2.75, 3.05) is 0 Å². The van der Waals surface area contributed by atoms with Crippen molar-refractivity contribution in [2.24, 2.45) is 0 Å². The molecule has 1 aromatic heterocycles. The van der Waals surface area contributed by atoms with Crippen LogP contribution in [0.4, 0.5) is 0 Å². The van der Waals surface area contributed by atoms with Gasteiger partial charge >= 0.3 is 112 Å². The normalized spacial score (nSPS) is 10.4. The van der Waals surface area contributed by atoms with Gasteiger partial charge in [0.15, 0.2) is 0 Å². The van der Waals surface area contributed by atoms with Gasteiger partial charge in [0, 0.05) is 0 Å². The molecule has 0 spiro atoms. The third kappa shape index (κ3) is 3.52. The first-order valence-electron chi connectivity index (χ1n) is 5.86. The molecule has 4 nitrogen and oxygen atoms in total. The topological polar surface area (TPSA) is 63.1 Å². The third-order valence-corrected chi connectivity index (χ3v) is 4.29. The summed E-state index contributed by atoms with van der Waals surface area (Å²) in [6, 6.07) is 10.0. The van der Waals surface area contributed by atoms with Crippen LogP contribution in [0.2, 0.25) is 0 Å². The van der Waals surface area contributed by atoms with Crippen LogP contribution in [0.1, 0.15) is 23.7 Å². The molecule has 0 atom stereocenters. The van der Waals surface area contributed by atoms with Crippen LogP contribution in [0.25, 0.3) is 11.3 Å². The van der Waals surface area contributed by atoms with Crippen LogP contribution in [0.5, 0.6) is 0 Å². The molecule has 2 aromatic rings. The van der Waals surface area contributed by atoms with Crippen molar-refractivity contribution in [3.63, 3.8) is 0 Å². The molecule has 0 saturated heterocycles. The van der Waals surface area contributed by atoms with E-state index >= 15 is 0 Å². The van der Waals surface area contributed by atoms with E-state index in [0.717, 1.165) is 30.5 Å². The van der Waals surface area contributed by atoms with Gasteiger partial charge in [-0.2, -0.15) is 0 Å². The Bertz CT molecular complexity index is 511. The van der Waals surface area contributed by atoms with Crippen molar-refractivity contribution in [3.05, 3.63) is 34.8 Å². The van der Waals surface area contributed by atoms with E-state index in [-0.39, 0.29) is 21.2 Å². The van der Waals surface area contributed by atoms with E-state index in [1.54, 1.807) is 0 Å². The van der Waals surface area contributed by atoms with Crippen LogP contribution >= 0.6 is 0 Å². The number of carboxylic acid groups (broad SMARTS) is 1. The van der Waals surface area contributed by atoms with Gasteiger partial charge in [0.1, 0.15) is 0 Å². The Kier molecular flexibility index (Phi) is 4.67. The Morgan fingerprint density at radius 3 is 2.72 bits per heavy atom. The van der Waals surface area contributed by atoms with Gasteiger partial charge in [-0.05, 0) is 0 Å². The number of carboxylic acids is 1. The van der Waals surface area contributed by atoms with E-state index in [1.165, 1.54) is 4.44 Å². The summed E-state index contributed by atoms with van der Waals surface area (Å²) < 4.78 is 5.41. The average Bonchev–Trinajstić information content (AvgIpc) is 2.84. The molecule has 5 heteroatoms. The monoisotopic (exact) mass is 310 g/mol. The number of aromatic nitrogens is 2. The van der Waals surface area contributed by atoms with E-state index < -0.39 is 5.97 Å². The quantitative estimate of drug-likeness (QED) is 0.655. The van der Waals surface area contributed by atoms with Crippen molar-refractivity contribution < 1.29 is 9.90 Å². The maximum atomic E-state index is 10.4. The van der Waals surface area contributed by atoms with Gasteiger partial charge < -0.3 is 0 Å². The zero-order valence-electron chi connectivity index (χ0n) is 9.87. The second kappa shape index (κ2) is 6.47. The van der Waals surface area contributed by atoms with Crippen molar-refractivity contribution in [2.45, 2.75) is 25.7 Å². The summed E-state index contributed by atoms with van der Waals surface area (Å²) >= 11 is 0.0917. The number of hydrogen-bond acceptors (Lipinski definition) is 3. The van der Waals surface area contributed by atoms with Crippen LogP contribution in [-0.4, -0.2) is 35.0 Å². The van der Waals surface area contributed by atoms with Gasteiger partial charge in [0.2, 0.25) is 0 Å². The number of carbonyl (C=O) groups is 1. The molecule has 0 unspecified atom stereocenters. The molecular weight excluding hydrogens is 295 g/mol. The van der Waals surface area contributed by atoms with Crippen molar-refractivity contribution in [3.8, 4) is 11.3 Å². The van der Waals surface area contributed by atoms with Gasteiger partial charge in [-0.25, -0.2) is 0 Å². The summed E-state index contributed by atoms with van der Waals surface area (Å²) in [6.45, 7) is 0. The van der Waals surface area contributed by atoms with Crippen molar-refractivity contribution in [1.29, 1.82) is 0 Å². The summed E-state index contributed by atoms with van der Waals surface area (Å²) in [5, 5.41) is 12.8. The predicted molar refractivity (Wildman–Crippen MR) is 69.6 cm³/mol. The number of nitrogens with zero attached hydrogens (tertiary/aromatic N) is 2. The minimum absolute atomic E-state index is 0.0917. The Hall–Kier alpha value is -1.45. The molecule has 0 fully saturated rings. The van der Waals surface area contributed by atoms with Crippen LogP contribution < -0.4 is 0 Å². The predicted octanol–water partition coefficient (Wildman–Crippen LogP) is 2.00. The molecule has 0 radical (unpaired) electrons. The van der Waals surface area contributed by atoms with E-state index in [9.17, 15) is 4.79 Å². The summed E-state index contributed by atoms with van der Waals surface area (Å²) in [5.41, 5.74) is 2.10. The molecule has 1 aromatic carbocycles. The molecule has 18 heavy (non-hydrogen) atoms. The average molecular weight is 309 g/mol. The van der Waals surface area contributed by atoms with Gasteiger partial charge in [-0.15, -0.1) is 0 Å². The van der Waals surface area contributed by atoms with Gasteiger partial charge in [-0.1, -0.05) is 0 Å². The molecule has 1 heterocycles. The van der Waals surface area contributed by atoms with Gasteiger partial charge in [0.25, 0.3) is 0 Å². The summed E-state index contributed by atoms with van der Waals surface area (Å²) in [5.74, 6) is -0.724. The number of aliphatic carboxylic acids is 1. The van der Waals surface area contributed by atoms with Gasteiger partial charge in [0.05, 0.1) is 0 Å². The number of rotatable bonds is 6. The number of hydrogen-bond donors (Lipinski definition) is 1. The summed E-state index contributed by atoms with van der Waals surface area (Å²) in [6.07, 6.45) is 2.77. The maximum absolute atomic E-state index is 10.4. The first kappa shape index (κ1) is 13.0. The molecule has 0 aliphatic heterocycles. The molecule has 0 saturated carbocycles. The summed E-state index contributed by atoms with van der Waals surface area (Å²) in [4.78, 5) is 10.4. The summed E-state index contributed by atoms with van der Waals surface area (Å²) in [7, 11) is 0. The number of benzene rings is 1. The van der Waals surface area contributed by atoms with Crippen LogP contribution in [-0.2, 0) is 11.2 Å². The fourth-order valence-corrected chi connectivity index (χ4v) is 3.22. The van der Waals surface area contributed by atoms with Gasteiger partial charge in [-0.3, -0.25) is 0 Å². The second-order valence-electron chi connectivity index (χ2n) is 4.01. The fourth-order valence-electron chi connectivity index (χ4n) is 1.75. The van der Waals surface area contributed by atoms with Crippen molar-refractivity contribution in [1.82, 2.24) is 9.19 Å². The Balaban J connectivity index is 1.98. The minimum atomic E-state index is -0.724. The molecule has 1 N–H and O–H groups in total. The van der Waals surface area contributed by atoms with E-state index in [1.807, 2.05) is 30.3 Å². The molecule has 0 amide bonds. The molecule has 0 aliphatic carbocycles. The third-order valence-electron chi connectivity index (χ3n) is 2.65. The van der Waals surface area contributed by atoms with Crippen LogP contribution in [0.3, 0.4) is 0 Å². The second-order valence-corrected chi connectivity index (χ2v) is 5.77. The number of aryl methyl sites for hydroxylation is 1. The van der Waals surface area contributed by atoms with Crippen LogP contribution in [0.15, 0.2) is 30.3 Å². The molecule has 0 bridgehead atoms. The van der Waals surface area contributed by atoms with Crippen LogP contribution in [0, 0.1) is 0 Å². The first-order chi connectivity index (χ1) is 8.77. The molecule has 0 aliphatic rings. The zero-order chi connectivity index (χ0) is 12.8. The molecular formula is C13H14N2O2Se. The fraction of sp³-hybridized carbons (Fsp3) is 0.308. The Labute approximate surface area is 112 Å². The standard InChI is InChI=1S/C13H14N2O2Se/c16-12(17)9-5-4-8-11-13(14-15-18-11)10-6-2-1-3-7-10/h1-3,6-7H,4-5,8-9H2,(H,16,17). The zero-order valence-corrected chi connectivity index (χ0v) is 11.6. The first-order valence-corrected chi connectivity index (χ1v) is 7.48. The Morgan fingerprint density at radius 1 is 1.22 bits per heavy atom. The molecule has 94 valence electrons. The number of unbranched alkanes of at least 4 members (excludes halogenated alkanes) is 1. The molecule has 2 rings (SSSR count).